The fourth-order valence-corrected chi connectivity index (χ4v) is 2.35. The Labute approximate surface area is 108 Å². The van der Waals surface area contributed by atoms with Gasteiger partial charge in [-0.2, -0.15) is 0 Å². The Kier molecular flexibility index (Phi) is 2.56. The van der Waals surface area contributed by atoms with Crippen LogP contribution in [-0.4, -0.2) is 16.9 Å². The lowest BCUT2D eigenvalue weighted by Crippen LogP contribution is -2.11. The smallest absolute Gasteiger partial charge is 0.167 e. The Balaban J connectivity index is 1.95. The summed E-state index contributed by atoms with van der Waals surface area (Å²) in [6.07, 6.45) is 1.99. The lowest BCUT2D eigenvalue weighted by Gasteiger charge is -2.04. The van der Waals surface area contributed by atoms with Crippen LogP contribution < -0.4 is 0 Å². The molecule has 1 aromatic heterocycles. The van der Waals surface area contributed by atoms with Gasteiger partial charge in [0.15, 0.2) is 5.76 Å². The summed E-state index contributed by atoms with van der Waals surface area (Å²) in [5.74, 6) is 0.751. The van der Waals surface area contributed by atoms with Gasteiger partial charge in [-0.05, 0) is 25.0 Å². The molecule has 1 fully saturated rings. The van der Waals surface area contributed by atoms with Crippen molar-refractivity contribution in [1.29, 1.82) is 0 Å². The summed E-state index contributed by atoms with van der Waals surface area (Å²) in [5.41, 5.74) is 1.73. The van der Waals surface area contributed by atoms with Crippen molar-refractivity contribution < 1.29 is 9.63 Å². The Hall–Kier alpha value is -1.13. The molecule has 0 atom stereocenters. The van der Waals surface area contributed by atoms with Gasteiger partial charge in [-0.3, -0.25) is 0 Å². The minimum absolute atomic E-state index is 0.131. The van der Waals surface area contributed by atoms with Gasteiger partial charge in [0.25, 0.3) is 0 Å². The van der Waals surface area contributed by atoms with E-state index in [1.54, 1.807) is 0 Å². The second-order valence-corrected chi connectivity index (χ2v) is 5.44. The van der Waals surface area contributed by atoms with Crippen LogP contribution in [0, 0.1) is 0 Å². The minimum atomic E-state index is -0.131. The fraction of sp³-hybridized carbons (Fsp3) is 0.308. The molecule has 1 aliphatic rings. The van der Waals surface area contributed by atoms with Crippen molar-refractivity contribution >= 4 is 15.9 Å². The van der Waals surface area contributed by atoms with Crippen molar-refractivity contribution in [3.05, 3.63) is 40.5 Å². The molecule has 1 heterocycles. The Morgan fingerprint density at radius 2 is 2.18 bits per heavy atom. The second kappa shape index (κ2) is 3.96. The summed E-state index contributed by atoms with van der Waals surface area (Å²) >= 11 is 3.43. The predicted octanol–water partition coefficient (Wildman–Crippen LogP) is 3.13. The number of nitrogens with zero attached hydrogens (tertiary/aromatic N) is 1. The van der Waals surface area contributed by atoms with Crippen LogP contribution in [0.5, 0.6) is 0 Å². The molecule has 3 nitrogen and oxygen atoms in total. The third kappa shape index (κ3) is 1.91. The molecule has 0 saturated heterocycles. The predicted molar refractivity (Wildman–Crippen MR) is 67.6 cm³/mol. The number of aliphatic hydroxyl groups excluding tert-OH is 1. The quantitative estimate of drug-likeness (QED) is 0.946. The number of rotatable bonds is 3. The highest BCUT2D eigenvalue weighted by molar-refractivity contribution is 9.10. The first-order chi connectivity index (χ1) is 8.23. The van der Waals surface area contributed by atoms with Crippen LogP contribution in [0.2, 0.25) is 0 Å². The number of benzene rings is 1. The molecular formula is C13H12BrNO2. The van der Waals surface area contributed by atoms with Gasteiger partial charge in [-0.1, -0.05) is 33.2 Å². The van der Waals surface area contributed by atoms with Gasteiger partial charge in [0.1, 0.15) is 0 Å². The van der Waals surface area contributed by atoms with Crippen LogP contribution in [0.1, 0.15) is 18.5 Å². The number of aromatic nitrogens is 1. The largest absolute Gasteiger partial charge is 0.395 e. The van der Waals surface area contributed by atoms with Crippen molar-refractivity contribution in [2.45, 2.75) is 18.3 Å². The highest BCUT2D eigenvalue weighted by Crippen LogP contribution is 2.47. The first-order valence-electron chi connectivity index (χ1n) is 5.57. The summed E-state index contributed by atoms with van der Waals surface area (Å²) in [4.78, 5) is 0. The molecule has 0 radical (unpaired) electrons. The van der Waals surface area contributed by atoms with Crippen LogP contribution >= 0.6 is 15.9 Å². The lowest BCUT2D eigenvalue weighted by atomic mass is 10.0. The van der Waals surface area contributed by atoms with Crippen LogP contribution in [0.25, 0.3) is 11.3 Å². The molecule has 3 rings (SSSR count). The molecule has 0 bridgehead atoms. The van der Waals surface area contributed by atoms with Gasteiger partial charge in [0.2, 0.25) is 0 Å². The zero-order valence-corrected chi connectivity index (χ0v) is 10.8. The van der Waals surface area contributed by atoms with Crippen molar-refractivity contribution in [1.82, 2.24) is 5.16 Å². The van der Waals surface area contributed by atoms with Crippen molar-refractivity contribution in [3.8, 4) is 11.3 Å². The van der Waals surface area contributed by atoms with E-state index in [2.05, 4.69) is 21.1 Å². The topological polar surface area (TPSA) is 46.3 Å². The van der Waals surface area contributed by atoms with E-state index in [-0.39, 0.29) is 12.0 Å². The van der Waals surface area contributed by atoms with Gasteiger partial charge >= 0.3 is 0 Å². The van der Waals surface area contributed by atoms with Crippen LogP contribution in [0.3, 0.4) is 0 Å². The molecule has 4 heteroatoms. The highest BCUT2D eigenvalue weighted by atomic mass is 79.9. The monoisotopic (exact) mass is 293 g/mol. The fourth-order valence-electron chi connectivity index (χ4n) is 1.95. The molecule has 1 aliphatic carbocycles. The van der Waals surface area contributed by atoms with Crippen molar-refractivity contribution in [3.63, 3.8) is 0 Å². The van der Waals surface area contributed by atoms with E-state index in [1.807, 2.05) is 30.3 Å². The van der Waals surface area contributed by atoms with Gasteiger partial charge in [-0.15, -0.1) is 0 Å². The van der Waals surface area contributed by atoms with Crippen LogP contribution in [0.4, 0.5) is 0 Å². The van der Waals surface area contributed by atoms with E-state index in [0.29, 0.717) is 0 Å². The second-order valence-electron chi connectivity index (χ2n) is 4.53. The van der Waals surface area contributed by atoms with E-state index < -0.39 is 0 Å². The molecular weight excluding hydrogens is 282 g/mol. The molecule has 1 saturated carbocycles. The van der Waals surface area contributed by atoms with E-state index in [9.17, 15) is 5.11 Å². The average molecular weight is 294 g/mol. The first kappa shape index (κ1) is 11.0. The molecule has 1 aromatic carbocycles. The SMILES string of the molecule is OCC1(c2cc(-c3cccc(Br)c3)on2)CC1. The normalized spacial score (nSPS) is 17.1. The average Bonchev–Trinajstić information content (AvgIpc) is 2.99. The van der Waals surface area contributed by atoms with Crippen molar-refractivity contribution in [2.75, 3.05) is 6.61 Å². The van der Waals surface area contributed by atoms with Gasteiger partial charge < -0.3 is 9.63 Å². The molecule has 17 heavy (non-hydrogen) atoms. The number of hydrogen-bond acceptors (Lipinski definition) is 3. The van der Waals surface area contributed by atoms with Gasteiger partial charge in [-0.25, -0.2) is 0 Å². The molecule has 88 valence electrons. The third-order valence-corrected chi connectivity index (χ3v) is 3.81. The molecule has 0 spiro atoms. The van der Waals surface area contributed by atoms with E-state index in [4.69, 9.17) is 4.52 Å². The van der Waals surface area contributed by atoms with Crippen LogP contribution in [0.15, 0.2) is 39.3 Å². The van der Waals surface area contributed by atoms with Crippen molar-refractivity contribution in [2.24, 2.45) is 0 Å². The summed E-state index contributed by atoms with van der Waals surface area (Å²) in [6.45, 7) is 0.150. The van der Waals surface area contributed by atoms with E-state index >= 15 is 0 Å². The maximum Gasteiger partial charge on any atom is 0.167 e. The van der Waals surface area contributed by atoms with Gasteiger partial charge in [0, 0.05) is 21.5 Å². The minimum Gasteiger partial charge on any atom is -0.395 e. The number of hydrogen-bond donors (Lipinski definition) is 1. The zero-order chi connectivity index (χ0) is 11.9. The van der Waals surface area contributed by atoms with E-state index in [1.165, 1.54) is 0 Å². The molecule has 0 amide bonds. The van der Waals surface area contributed by atoms with Crippen LogP contribution in [-0.2, 0) is 5.41 Å². The zero-order valence-electron chi connectivity index (χ0n) is 9.19. The summed E-state index contributed by atoms with van der Waals surface area (Å²) in [5, 5.41) is 13.4. The standard InChI is InChI=1S/C13H12BrNO2/c14-10-3-1-2-9(6-10)11-7-12(15-17-11)13(8-16)4-5-13/h1-3,6-7,16H,4-5,8H2. The Bertz CT molecular complexity index is 546. The summed E-state index contributed by atoms with van der Waals surface area (Å²) in [6, 6.07) is 9.83. The highest BCUT2D eigenvalue weighted by Gasteiger charge is 2.46. The molecule has 2 aromatic rings. The maximum atomic E-state index is 9.34. The Morgan fingerprint density at radius 1 is 1.35 bits per heavy atom. The van der Waals surface area contributed by atoms with Gasteiger partial charge in [0.05, 0.1) is 12.3 Å². The molecule has 1 N–H and O–H groups in total. The van der Waals surface area contributed by atoms with E-state index in [0.717, 1.165) is 34.3 Å². The molecule has 0 aliphatic heterocycles. The number of halogens is 1. The summed E-state index contributed by atoms with van der Waals surface area (Å²) < 4.78 is 6.36. The first-order valence-corrected chi connectivity index (χ1v) is 6.37. The maximum absolute atomic E-state index is 9.34. The third-order valence-electron chi connectivity index (χ3n) is 3.32. The lowest BCUT2D eigenvalue weighted by molar-refractivity contribution is 0.248. The molecule has 0 unspecified atom stereocenters. The summed E-state index contributed by atoms with van der Waals surface area (Å²) in [7, 11) is 0. The number of aliphatic hydroxyl groups is 1. The Morgan fingerprint density at radius 3 is 2.82 bits per heavy atom.